The van der Waals surface area contributed by atoms with Gasteiger partial charge in [0.15, 0.2) is 5.58 Å². The molecule has 4 heteroatoms. The van der Waals surface area contributed by atoms with E-state index in [4.69, 9.17) is 14.4 Å². The Morgan fingerprint density at radius 3 is 1.86 bits per heavy atom. The lowest BCUT2D eigenvalue weighted by molar-refractivity contribution is 0.666. The lowest BCUT2D eigenvalue weighted by atomic mass is 9.90. The summed E-state index contributed by atoms with van der Waals surface area (Å²) in [5, 5.41) is 8.17. The van der Waals surface area contributed by atoms with Gasteiger partial charge in [-0.15, -0.1) is 0 Å². The van der Waals surface area contributed by atoms with E-state index >= 15 is 0 Å². The molecule has 0 saturated heterocycles. The molecule has 9 aromatic carbocycles. The van der Waals surface area contributed by atoms with Crippen LogP contribution in [0.1, 0.15) is 0 Å². The molecule has 3 heterocycles. The van der Waals surface area contributed by atoms with Crippen molar-refractivity contribution in [2.45, 2.75) is 0 Å². The summed E-state index contributed by atoms with van der Waals surface area (Å²) < 4.78 is 8.80. The van der Waals surface area contributed by atoms with E-state index in [0.717, 1.165) is 44.3 Å². The van der Waals surface area contributed by atoms with Crippen molar-refractivity contribution in [3.8, 4) is 50.6 Å². The molecule has 0 saturated carbocycles. The first kappa shape index (κ1) is 32.4. The maximum Gasteiger partial charge on any atom is 0.236 e. The number of hydrogen-bond acceptors (Lipinski definition) is 3. The Hall–Kier alpha value is -7.82. The van der Waals surface area contributed by atoms with E-state index in [2.05, 4.69) is 187 Å². The lowest BCUT2D eigenvalue weighted by Crippen LogP contribution is -2.02. The van der Waals surface area contributed by atoms with Gasteiger partial charge in [0.05, 0.1) is 11.0 Å². The zero-order valence-corrected chi connectivity index (χ0v) is 31.3. The van der Waals surface area contributed by atoms with Gasteiger partial charge in [-0.05, 0) is 85.3 Å². The van der Waals surface area contributed by atoms with Gasteiger partial charge in [0.2, 0.25) is 5.95 Å². The van der Waals surface area contributed by atoms with Crippen molar-refractivity contribution in [2.75, 3.05) is 0 Å². The fourth-order valence-electron chi connectivity index (χ4n) is 8.96. The maximum absolute atomic E-state index is 6.59. The molecular formula is C54H33N3O. The summed E-state index contributed by atoms with van der Waals surface area (Å²) in [4.78, 5) is 10.7. The van der Waals surface area contributed by atoms with Crippen LogP contribution in [0.2, 0.25) is 0 Å². The largest absolute Gasteiger partial charge is 0.452 e. The molecule has 0 aliphatic heterocycles. The summed E-state index contributed by atoms with van der Waals surface area (Å²) in [5.41, 5.74) is 13.2. The summed E-state index contributed by atoms with van der Waals surface area (Å²) in [5.74, 6) is 0.607. The first-order valence-electron chi connectivity index (χ1n) is 19.7. The van der Waals surface area contributed by atoms with Crippen LogP contribution in [-0.2, 0) is 0 Å². The van der Waals surface area contributed by atoms with E-state index in [1.807, 2.05) is 18.2 Å². The Labute approximate surface area is 333 Å². The lowest BCUT2D eigenvalue weighted by Gasteiger charge is -2.14. The highest BCUT2D eigenvalue weighted by atomic mass is 16.3. The van der Waals surface area contributed by atoms with Gasteiger partial charge in [-0.3, -0.25) is 4.57 Å². The molecule has 12 aromatic rings. The summed E-state index contributed by atoms with van der Waals surface area (Å²) >= 11 is 0. The zero-order valence-electron chi connectivity index (χ0n) is 31.3. The Balaban J connectivity index is 1.04. The minimum atomic E-state index is 0.607. The molecule has 12 rings (SSSR count). The molecule has 0 radical (unpaired) electrons. The average Bonchev–Trinajstić information content (AvgIpc) is 3.85. The molecule has 0 spiro atoms. The molecule has 0 aliphatic rings. The molecule has 0 atom stereocenters. The van der Waals surface area contributed by atoms with Crippen LogP contribution in [0.4, 0.5) is 0 Å². The summed E-state index contributed by atoms with van der Waals surface area (Å²) in [7, 11) is 0. The molecule has 58 heavy (non-hydrogen) atoms. The zero-order chi connectivity index (χ0) is 38.2. The highest BCUT2D eigenvalue weighted by molar-refractivity contribution is 6.21. The highest BCUT2D eigenvalue weighted by Crippen LogP contribution is 2.41. The smallest absolute Gasteiger partial charge is 0.236 e. The fraction of sp³-hybridized carbons (Fsp3) is 0. The van der Waals surface area contributed by atoms with Gasteiger partial charge in [0.25, 0.3) is 0 Å². The molecule has 0 bridgehead atoms. The second kappa shape index (κ2) is 12.9. The number of para-hydroxylation sites is 2. The van der Waals surface area contributed by atoms with E-state index < -0.39 is 0 Å². The molecule has 0 N–H and O–H groups in total. The van der Waals surface area contributed by atoms with Crippen molar-refractivity contribution in [3.63, 3.8) is 0 Å². The summed E-state index contributed by atoms with van der Waals surface area (Å²) in [6, 6.07) is 71.0. The van der Waals surface area contributed by atoms with Crippen LogP contribution in [0, 0.1) is 0 Å². The molecule has 270 valence electrons. The number of benzene rings is 9. The van der Waals surface area contributed by atoms with Crippen LogP contribution in [0.5, 0.6) is 0 Å². The number of nitrogens with zero attached hydrogens (tertiary/aromatic N) is 3. The summed E-state index contributed by atoms with van der Waals surface area (Å²) in [6.45, 7) is 0. The first-order valence-corrected chi connectivity index (χ1v) is 19.7. The van der Waals surface area contributed by atoms with E-state index in [1.165, 1.54) is 60.1 Å². The fourth-order valence-corrected chi connectivity index (χ4v) is 8.96. The average molecular weight is 740 g/mol. The molecule has 0 fully saturated rings. The molecule has 0 unspecified atom stereocenters. The minimum Gasteiger partial charge on any atom is -0.452 e. The van der Waals surface area contributed by atoms with Crippen molar-refractivity contribution < 1.29 is 4.42 Å². The first-order chi connectivity index (χ1) is 28.8. The van der Waals surface area contributed by atoms with Crippen molar-refractivity contribution in [3.05, 3.63) is 200 Å². The van der Waals surface area contributed by atoms with Crippen molar-refractivity contribution in [1.29, 1.82) is 0 Å². The summed E-state index contributed by atoms with van der Waals surface area (Å²) in [6.07, 6.45) is 0. The van der Waals surface area contributed by atoms with Crippen LogP contribution >= 0.6 is 0 Å². The van der Waals surface area contributed by atoms with Crippen molar-refractivity contribution >= 4 is 65.4 Å². The van der Waals surface area contributed by atoms with Crippen molar-refractivity contribution in [1.82, 2.24) is 14.5 Å². The second-order valence-corrected chi connectivity index (χ2v) is 14.9. The Bertz CT molecular complexity index is 3560. The predicted molar refractivity (Wildman–Crippen MR) is 240 cm³/mol. The SMILES string of the molecule is c1ccc(-c2cccc(-c3cccc4cccc(-c5ccc(-c6nc(-n7c8ccccc8c8c9ccccc9ccc87)nc7c6oc6ccccc67)cc5)c34)c2)cc1. The van der Waals surface area contributed by atoms with Gasteiger partial charge in [-0.2, -0.15) is 0 Å². The van der Waals surface area contributed by atoms with Gasteiger partial charge >= 0.3 is 0 Å². The maximum atomic E-state index is 6.59. The normalized spacial score (nSPS) is 11.8. The molecule has 3 aromatic heterocycles. The second-order valence-electron chi connectivity index (χ2n) is 14.9. The third kappa shape index (κ3) is 5.02. The quantitative estimate of drug-likeness (QED) is 0.177. The topological polar surface area (TPSA) is 43.9 Å². The van der Waals surface area contributed by atoms with E-state index in [9.17, 15) is 0 Å². The van der Waals surface area contributed by atoms with E-state index in [1.54, 1.807) is 0 Å². The Kier molecular flexibility index (Phi) is 7.20. The van der Waals surface area contributed by atoms with E-state index in [0.29, 0.717) is 11.5 Å². The van der Waals surface area contributed by atoms with Gasteiger partial charge in [-0.1, -0.05) is 170 Å². The van der Waals surface area contributed by atoms with Crippen molar-refractivity contribution in [2.24, 2.45) is 0 Å². The number of aromatic nitrogens is 3. The minimum absolute atomic E-state index is 0.607. The van der Waals surface area contributed by atoms with E-state index in [-0.39, 0.29) is 0 Å². The molecule has 4 nitrogen and oxygen atoms in total. The molecular weight excluding hydrogens is 707 g/mol. The van der Waals surface area contributed by atoms with Crippen LogP contribution in [0.3, 0.4) is 0 Å². The molecule has 0 aliphatic carbocycles. The Morgan fingerprint density at radius 1 is 0.379 bits per heavy atom. The van der Waals surface area contributed by atoms with Gasteiger partial charge in [-0.25, -0.2) is 9.97 Å². The highest BCUT2D eigenvalue weighted by Gasteiger charge is 2.22. The third-order valence-electron chi connectivity index (χ3n) is 11.6. The van der Waals surface area contributed by atoms with Crippen LogP contribution in [0.15, 0.2) is 205 Å². The van der Waals surface area contributed by atoms with Crippen LogP contribution in [-0.4, -0.2) is 14.5 Å². The van der Waals surface area contributed by atoms with Crippen LogP contribution < -0.4 is 0 Å². The van der Waals surface area contributed by atoms with Gasteiger partial charge in [0.1, 0.15) is 16.8 Å². The molecule has 0 amide bonds. The van der Waals surface area contributed by atoms with Crippen LogP contribution in [0.25, 0.3) is 116 Å². The standard InChI is InChI=1S/C54H33N3O/c1-2-13-34(14-3-1)39-18-10-19-40(33-39)43-24-12-17-37-16-11-23-41(49(37)43)36-27-29-38(30-28-36)51-53-52(45-22-7-9-26-48(45)58-53)56-54(55-51)57-46-25-8-6-21-44(46)50-42-20-5-4-15-35(42)31-32-47(50)57/h1-33H. The van der Waals surface area contributed by atoms with Gasteiger partial charge < -0.3 is 4.42 Å². The number of hydrogen-bond donors (Lipinski definition) is 0. The van der Waals surface area contributed by atoms with Gasteiger partial charge in [0, 0.05) is 21.7 Å². The predicted octanol–water partition coefficient (Wildman–Crippen LogP) is 14.4. The number of fused-ring (bicyclic) bond motifs is 9. The monoisotopic (exact) mass is 739 g/mol. The number of rotatable bonds is 5. The Morgan fingerprint density at radius 2 is 1.02 bits per heavy atom. The number of furan rings is 1. The third-order valence-corrected chi connectivity index (χ3v) is 11.6.